The summed E-state index contributed by atoms with van der Waals surface area (Å²) < 4.78 is 0. The quantitative estimate of drug-likeness (QED) is 0.0135. The number of primary amides is 1. The Kier molecular flexibility index (Phi) is 32.5. The SMILES string of the molecule is C[C@@H](O)[C@H](NC(=O)[C@H](CCCCN)NC(=O)[C@H](Cc1c[nH]c2ccccc12)NC(=O)[C@H](Cc1ccccc1)NC(=O)[C@H](Cc1ccccc1)NC(=O)[C@H](CC(N)=O)NC(=O)CN)C(=O)N[C@@H](Cc1ccccc1)C(=O)N[C@H](C(=O)N[C@@H](CO)C(=O)N(C(=O)CS)C(=O)CCS)[C@@H](C)O. The van der Waals surface area contributed by atoms with Crippen LogP contribution >= 0.6 is 25.3 Å². The lowest BCUT2D eigenvalue weighted by Crippen LogP contribution is -2.63. The van der Waals surface area contributed by atoms with Gasteiger partial charge in [-0.15, -0.1) is 0 Å². The molecule has 32 heteroatoms. The Morgan fingerprint density at radius 3 is 1.33 bits per heavy atom. The van der Waals surface area contributed by atoms with E-state index in [1.165, 1.54) is 0 Å². The lowest BCUT2D eigenvalue weighted by atomic mass is 10.00. The number of rotatable bonds is 39. The normalized spacial score (nSPS) is 14.5. The Labute approximate surface area is 576 Å². The number of para-hydroxylation sites is 1. The molecule has 4 aromatic carbocycles. The van der Waals surface area contributed by atoms with E-state index in [-0.39, 0.29) is 62.1 Å². The third kappa shape index (κ3) is 24.5. The number of amides is 13. The van der Waals surface area contributed by atoms with E-state index >= 15 is 9.59 Å². The number of aromatic amines is 1. The van der Waals surface area contributed by atoms with Crippen LogP contribution in [0.2, 0.25) is 0 Å². The molecule has 1 heterocycles. The number of hydrogen-bond donors (Lipinski definition) is 18. The summed E-state index contributed by atoms with van der Waals surface area (Å²) in [7, 11) is 0. The Bertz CT molecular complexity index is 3550. The third-order valence-corrected chi connectivity index (χ3v) is 15.9. The number of benzene rings is 4. The van der Waals surface area contributed by atoms with Crippen LogP contribution in [0.15, 0.2) is 121 Å². The second-order valence-corrected chi connectivity index (χ2v) is 23.8. The smallest absolute Gasteiger partial charge is 0.261 e. The van der Waals surface area contributed by atoms with Crippen molar-refractivity contribution in [2.24, 2.45) is 17.2 Å². The number of imide groups is 3. The molecule has 19 N–H and O–H groups in total. The van der Waals surface area contributed by atoms with E-state index in [1.807, 2.05) is 0 Å². The Morgan fingerprint density at radius 2 is 0.898 bits per heavy atom. The van der Waals surface area contributed by atoms with Crippen molar-refractivity contribution in [1.29, 1.82) is 0 Å². The number of nitrogens with one attached hydrogen (secondary N) is 10. The van der Waals surface area contributed by atoms with Crippen molar-refractivity contribution in [3.63, 3.8) is 0 Å². The molecule has 13 amide bonds. The molecule has 1 aromatic heterocycles. The second-order valence-electron chi connectivity index (χ2n) is 23.0. The Balaban J connectivity index is 1.46. The Hall–Kier alpha value is -9.57. The van der Waals surface area contributed by atoms with Crippen molar-refractivity contribution in [3.05, 3.63) is 144 Å². The number of aliphatic hydroxyl groups excluding tert-OH is 3. The average Bonchev–Trinajstić information content (AvgIpc) is 1.62. The van der Waals surface area contributed by atoms with Crippen molar-refractivity contribution in [1.82, 2.24) is 57.7 Å². The van der Waals surface area contributed by atoms with Gasteiger partial charge in [-0.05, 0) is 73.7 Å². The molecule has 0 fully saturated rings. The zero-order valence-electron chi connectivity index (χ0n) is 54.0. The van der Waals surface area contributed by atoms with E-state index < -0.39 is 169 Å². The van der Waals surface area contributed by atoms with E-state index in [0.717, 1.165) is 13.8 Å². The molecule has 528 valence electrons. The monoisotopic (exact) mass is 1390 g/mol. The molecular formula is C66H86N14O16S2. The summed E-state index contributed by atoms with van der Waals surface area (Å²) in [5, 5.41) is 55.5. The van der Waals surface area contributed by atoms with E-state index in [9.17, 15) is 68.1 Å². The summed E-state index contributed by atoms with van der Waals surface area (Å²) >= 11 is 7.81. The first-order chi connectivity index (χ1) is 46.8. The first-order valence-electron chi connectivity index (χ1n) is 31.5. The van der Waals surface area contributed by atoms with Crippen LogP contribution in [0.5, 0.6) is 0 Å². The van der Waals surface area contributed by atoms with Gasteiger partial charge in [-0.3, -0.25) is 62.3 Å². The largest absolute Gasteiger partial charge is 0.394 e. The van der Waals surface area contributed by atoms with E-state index in [4.69, 9.17) is 17.2 Å². The molecule has 0 saturated carbocycles. The minimum atomic E-state index is -1.96. The van der Waals surface area contributed by atoms with Gasteiger partial charge >= 0.3 is 0 Å². The highest BCUT2D eigenvalue weighted by molar-refractivity contribution is 7.81. The fourth-order valence-electron chi connectivity index (χ4n) is 10.3. The van der Waals surface area contributed by atoms with Crippen LogP contribution in [0.1, 0.15) is 68.2 Å². The van der Waals surface area contributed by atoms with Crippen LogP contribution in [0.4, 0.5) is 0 Å². The molecule has 0 saturated heterocycles. The van der Waals surface area contributed by atoms with Crippen molar-refractivity contribution in [3.8, 4) is 0 Å². The van der Waals surface area contributed by atoms with Gasteiger partial charge < -0.3 is 85.4 Å². The standard InChI is InChI=1S/C66H86N14O16S2/c1-37(82)56(64(94)76-48(30-41-20-10-5-11-21-41)63(93)79-57(38(2)83)65(95)77-51(35-81)66(96)80(55(87)36-98)54(86)25-27-97)78-58(88)45(24-14-15-26-67)72-61(91)49(31-42-34-70-44-23-13-12-22-43(42)44)75-60(90)47(29-40-18-8-4-9-19-40)73-59(89)46(28-39-16-6-3-7-17-39)74-62(92)50(32-52(69)84)71-53(85)33-68/h3-13,16-23,34,37-38,45-51,56-57,70,81-83,97-98H,14-15,24-33,35-36,67-68H2,1-2H3,(H2,69,84)(H,71,85)(H,72,91)(H,73,89)(H,74,92)(H,75,90)(H,76,94)(H,77,95)(H,78,88)(H,79,93)/t37-,38-,45+,46+,47+,48+,49+,50+,51+,56+,57+/m1/s1. The molecule has 11 atom stereocenters. The molecule has 0 aliphatic carbocycles. The van der Waals surface area contributed by atoms with E-state index in [1.54, 1.807) is 121 Å². The molecule has 0 spiro atoms. The molecular weight excluding hydrogens is 1310 g/mol. The van der Waals surface area contributed by atoms with Gasteiger partial charge in [0.25, 0.3) is 5.91 Å². The molecule has 0 aliphatic heterocycles. The summed E-state index contributed by atoms with van der Waals surface area (Å²) in [4.78, 5) is 183. The van der Waals surface area contributed by atoms with Crippen molar-refractivity contribution in [2.75, 3.05) is 31.2 Å². The number of fused-ring (bicyclic) bond motifs is 1. The average molecular weight is 1400 g/mol. The van der Waals surface area contributed by atoms with Crippen molar-refractivity contribution >= 4 is 113 Å². The number of H-pyrrole nitrogens is 1. The summed E-state index contributed by atoms with van der Waals surface area (Å²) in [6.07, 6.45) is -3.38. The predicted molar refractivity (Wildman–Crippen MR) is 365 cm³/mol. The molecule has 0 aliphatic rings. The van der Waals surface area contributed by atoms with Crippen molar-refractivity contribution < 1.29 is 77.6 Å². The topological polar surface area (TPSA) is 488 Å². The maximum absolute atomic E-state index is 15.1. The van der Waals surface area contributed by atoms with Crippen LogP contribution in [-0.4, -0.2) is 200 Å². The number of aliphatic hydroxyl groups is 3. The highest BCUT2D eigenvalue weighted by atomic mass is 32.1. The van der Waals surface area contributed by atoms with E-state index in [0.29, 0.717) is 39.6 Å². The number of hydrogen-bond acceptors (Lipinski definition) is 20. The minimum absolute atomic E-state index is 0.0765. The lowest BCUT2D eigenvalue weighted by Gasteiger charge is -2.29. The van der Waals surface area contributed by atoms with Gasteiger partial charge in [0.15, 0.2) is 0 Å². The minimum Gasteiger partial charge on any atom is -0.394 e. The van der Waals surface area contributed by atoms with E-state index in [2.05, 4.69) is 78.1 Å². The number of aromatic nitrogens is 1. The number of unbranched alkanes of at least 4 members (excludes halogenated alkanes) is 1. The first kappa shape index (κ1) is 79.1. The molecule has 0 unspecified atom stereocenters. The second kappa shape index (κ2) is 40.2. The zero-order chi connectivity index (χ0) is 72.0. The fraction of sp³-hybridized carbons (Fsp3) is 0.409. The van der Waals surface area contributed by atoms with Gasteiger partial charge in [0.1, 0.15) is 54.4 Å². The molecule has 0 bridgehead atoms. The highest BCUT2D eigenvalue weighted by Crippen LogP contribution is 2.20. The predicted octanol–water partition coefficient (Wildman–Crippen LogP) is -3.35. The molecule has 0 radical (unpaired) electrons. The lowest BCUT2D eigenvalue weighted by molar-refractivity contribution is -0.155. The van der Waals surface area contributed by atoms with Crippen LogP contribution in [0.25, 0.3) is 10.9 Å². The summed E-state index contributed by atoms with van der Waals surface area (Å²) in [5.41, 5.74) is 19.5. The van der Waals surface area contributed by atoms with Gasteiger partial charge in [0.2, 0.25) is 70.9 Å². The summed E-state index contributed by atoms with van der Waals surface area (Å²) in [5.74, 6) is -14.2. The van der Waals surface area contributed by atoms with Crippen LogP contribution in [0.3, 0.4) is 0 Å². The molecule has 5 rings (SSSR count). The summed E-state index contributed by atoms with van der Waals surface area (Å²) in [6.45, 7) is 0.702. The fourth-order valence-corrected chi connectivity index (χ4v) is 10.6. The third-order valence-electron chi connectivity index (χ3n) is 15.4. The Morgan fingerprint density at radius 1 is 0.490 bits per heavy atom. The van der Waals surface area contributed by atoms with Crippen LogP contribution in [0, 0.1) is 0 Å². The zero-order valence-corrected chi connectivity index (χ0v) is 55.8. The van der Waals surface area contributed by atoms with Crippen LogP contribution in [-0.2, 0) is 88.0 Å². The number of thiol groups is 2. The van der Waals surface area contributed by atoms with Gasteiger partial charge in [0, 0.05) is 49.2 Å². The molecule has 30 nitrogen and oxygen atoms in total. The number of nitrogens with two attached hydrogens (primary N) is 3. The van der Waals surface area contributed by atoms with Gasteiger partial charge in [0.05, 0.1) is 37.5 Å². The van der Waals surface area contributed by atoms with Crippen LogP contribution < -0.4 is 65.1 Å². The number of carbonyl (C=O) groups excluding carboxylic acids is 13. The first-order valence-corrected chi connectivity index (χ1v) is 32.8. The number of carbonyl (C=O) groups is 13. The number of nitrogens with zero attached hydrogens (tertiary/aromatic N) is 1. The maximum atomic E-state index is 15.1. The summed E-state index contributed by atoms with van der Waals surface area (Å²) in [6, 6.07) is 17.1. The van der Waals surface area contributed by atoms with Gasteiger partial charge in [-0.2, -0.15) is 25.3 Å². The maximum Gasteiger partial charge on any atom is 0.261 e. The molecule has 98 heavy (non-hydrogen) atoms. The molecule has 5 aromatic rings. The van der Waals surface area contributed by atoms with Crippen molar-refractivity contribution in [2.45, 2.75) is 138 Å². The highest BCUT2D eigenvalue weighted by Gasteiger charge is 2.40. The van der Waals surface area contributed by atoms with Gasteiger partial charge in [-0.25, -0.2) is 4.90 Å². The van der Waals surface area contributed by atoms with Gasteiger partial charge in [-0.1, -0.05) is 109 Å².